The van der Waals surface area contributed by atoms with Crippen LogP contribution in [0.15, 0.2) is 28.7 Å². The average molecular weight is 299 g/mol. The highest BCUT2D eigenvalue weighted by Crippen LogP contribution is 2.39. The number of hydrogen-bond acceptors (Lipinski definition) is 2. The molecule has 0 aliphatic carbocycles. The molecule has 2 rings (SSSR count). The first-order chi connectivity index (χ1) is 8.03. The molecule has 0 aromatic heterocycles. The second-order valence-electron chi connectivity index (χ2n) is 4.73. The van der Waals surface area contributed by atoms with Crippen LogP contribution in [0, 0.1) is 5.92 Å². The van der Waals surface area contributed by atoms with Gasteiger partial charge in [-0.25, -0.2) is 0 Å². The topological polar surface area (TPSA) is 46.5 Å². The summed E-state index contributed by atoms with van der Waals surface area (Å²) in [6, 6.07) is 8.04. The molecule has 0 spiro atoms. The Morgan fingerprint density at radius 1 is 1.59 bits per heavy atom. The summed E-state index contributed by atoms with van der Waals surface area (Å²) < 4.78 is 6.32. The second-order valence-corrected chi connectivity index (χ2v) is 5.64. The van der Waals surface area contributed by atoms with E-state index in [4.69, 9.17) is 9.84 Å². The maximum atomic E-state index is 11.0. The highest BCUT2D eigenvalue weighted by molar-refractivity contribution is 9.10. The number of hydrogen-bond donors (Lipinski definition) is 1. The number of benzene rings is 1. The van der Waals surface area contributed by atoms with E-state index in [0.29, 0.717) is 19.6 Å². The van der Waals surface area contributed by atoms with E-state index in [0.717, 1.165) is 10.0 Å². The fourth-order valence-electron chi connectivity index (χ4n) is 2.24. The maximum absolute atomic E-state index is 11.0. The Kier molecular flexibility index (Phi) is 3.54. The van der Waals surface area contributed by atoms with E-state index >= 15 is 0 Å². The molecule has 1 atom stereocenters. The van der Waals surface area contributed by atoms with Crippen molar-refractivity contribution in [3.63, 3.8) is 0 Å². The molecule has 4 heteroatoms. The molecular weight excluding hydrogens is 284 g/mol. The van der Waals surface area contributed by atoms with Gasteiger partial charge in [-0.1, -0.05) is 35.0 Å². The SMILES string of the molecule is CC(CC1(c2cccc(Br)c2)COC1)C(=O)O. The van der Waals surface area contributed by atoms with Gasteiger partial charge in [0.25, 0.3) is 0 Å². The standard InChI is InChI=1S/C13H15BrO3/c1-9(12(15)16)6-13(7-17-8-13)10-3-2-4-11(14)5-10/h2-5,9H,6-8H2,1H3,(H,15,16). The first kappa shape index (κ1) is 12.6. The highest BCUT2D eigenvalue weighted by Gasteiger charge is 2.42. The van der Waals surface area contributed by atoms with E-state index in [1.54, 1.807) is 6.92 Å². The molecular formula is C13H15BrO3. The lowest BCUT2D eigenvalue weighted by molar-refractivity contribution is -0.144. The number of halogens is 1. The molecule has 0 bridgehead atoms. The predicted octanol–water partition coefficient (Wildman–Crippen LogP) is 2.83. The van der Waals surface area contributed by atoms with E-state index in [2.05, 4.69) is 22.0 Å². The molecule has 17 heavy (non-hydrogen) atoms. The van der Waals surface area contributed by atoms with E-state index in [1.807, 2.05) is 18.2 Å². The molecule has 1 fully saturated rings. The predicted molar refractivity (Wildman–Crippen MR) is 68.1 cm³/mol. The minimum Gasteiger partial charge on any atom is -0.481 e. The van der Waals surface area contributed by atoms with Crippen molar-refractivity contribution in [2.24, 2.45) is 5.92 Å². The van der Waals surface area contributed by atoms with Crippen LogP contribution in [0.25, 0.3) is 0 Å². The van der Waals surface area contributed by atoms with Crippen LogP contribution in [-0.2, 0) is 14.9 Å². The molecule has 0 radical (unpaired) electrons. The van der Waals surface area contributed by atoms with Crippen molar-refractivity contribution in [2.45, 2.75) is 18.8 Å². The van der Waals surface area contributed by atoms with Crippen LogP contribution in [0.1, 0.15) is 18.9 Å². The van der Waals surface area contributed by atoms with Gasteiger partial charge in [0.15, 0.2) is 0 Å². The Bertz CT molecular complexity index is 426. The van der Waals surface area contributed by atoms with Crippen molar-refractivity contribution in [3.8, 4) is 0 Å². The molecule has 3 nitrogen and oxygen atoms in total. The Morgan fingerprint density at radius 2 is 2.29 bits per heavy atom. The average Bonchev–Trinajstić information content (AvgIpc) is 2.22. The zero-order valence-corrected chi connectivity index (χ0v) is 11.2. The molecule has 1 aromatic rings. The van der Waals surface area contributed by atoms with Crippen LogP contribution >= 0.6 is 15.9 Å². The summed E-state index contributed by atoms with van der Waals surface area (Å²) in [5.74, 6) is -1.09. The molecule has 1 heterocycles. The summed E-state index contributed by atoms with van der Waals surface area (Å²) in [6.45, 7) is 2.97. The van der Waals surface area contributed by atoms with Gasteiger partial charge in [0.2, 0.25) is 0 Å². The lowest BCUT2D eigenvalue weighted by Gasteiger charge is -2.43. The van der Waals surface area contributed by atoms with E-state index in [1.165, 1.54) is 0 Å². The first-order valence-electron chi connectivity index (χ1n) is 5.60. The van der Waals surface area contributed by atoms with Crippen molar-refractivity contribution < 1.29 is 14.6 Å². The minimum atomic E-state index is -0.744. The molecule has 0 amide bonds. The number of carboxylic acid groups (broad SMARTS) is 1. The minimum absolute atomic E-state index is 0.123. The summed E-state index contributed by atoms with van der Waals surface area (Å²) in [5, 5.41) is 9.02. The van der Waals surface area contributed by atoms with Gasteiger partial charge in [0.05, 0.1) is 19.1 Å². The molecule has 1 unspecified atom stereocenters. The van der Waals surface area contributed by atoms with Crippen molar-refractivity contribution in [1.82, 2.24) is 0 Å². The zero-order chi connectivity index (χ0) is 12.5. The molecule has 1 saturated heterocycles. The zero-order valence-electron chi connectivity index (χ0n) is 9.65. The second kappa shape index (κ2) is 4.78. The Balaban J connectivity index is 2.22. The van der Waals surface area contributed by atoms with E-state index in [9.17, 15) is 4.79 Å². The first-order valence-corrected chi connectivity index (χ1v) is 6.39. The summed E-state index contributed by atoms with van der Waals surface area (Å²) in [6.07, 6.45) is 0.624. The van der Waals surface area contributed by atoms with Gasteiger partial charge in [-0.05, 0) is 24.1 Å². The highest BCUT2D eigenvalue weighted by atomic mass is 79.9. The summed E-state index contributed by atoms with van der Waals surface area (Å²) in [5.41, 5.74) is 1.04. The molecule has 1 N–H and O–H groups in total. The Hall–Kier alpha value is -0.870. The number of aliphatic carboxylic acids is 1. The van der Waals surface area contributed by atoms with Crippen molar-refractivity contribution in [1.29, 1.82) is 0 Å². The van der Waals surface area contributed by atoms with Gasteiger partial charge in [0.1, 0.15) is 0 Å². The van der Waals surface area contributed by atoms with E-state index in [-0.39, 0.29) is 11.3 Å². The van der Waals surface area contributed by atoms with Gasteiger partial charge in [-0.3, -0.25) is 4.79 Å². The lowest BCUT2D eigenvalue weighted by Crippen LogP contribution is -2.48. The molecule has 92 valence electrons. The van der Waals surface area contributed by atoms with Gasteiger partial charge in [-0.2, -0.15) is 0 Å². The third kappa shape index (κ3) is 2.53. The van der Waals surface area contributed by atoms with Crippen LogP contribution in [0.5, 0.6) is 0 Å². The summed E-state index contributed by atoms with van der Waals surface area (Å²) in [4.78, 5) is 11.0. The smallest absolute Gasteiger partial charge is 0.306 e. The number of carbonyl (C=O) groups is 1. The quantitative estimate of drug-likeness (QED) is 0.930. The van der Waals surface area contributed by atoms with Gasteiger partial charge >= 0.3 is 5.97 Å². The normalized spacial score (nSPS) is 19.4. The van der Waals surface area contributed by atoms with Crippen molar-refractivity contribution in [2.75, 3.05) is 13.2 Å². The van der Waals surface area contributed by atoms with Crippen LogP contribution in [-0.4, -0.2) is 24.3 Å². The van der Waals surface area contributed by atoms with Gasteiger partial charge in [0, 0.05) is 9.89 Å². The Labute approximate surface area is 109 Å². The fourth-order valence-corrected chi connectivity index (χ4v) is 2.64. The number of ether oxygens (including phenoxy) is 1. The van der Waals surface area contributed by atoms with Crippen molar-refractivity contribution >= 4 is 21.9 Å². The third-order valence-electron chi connectivity index (χ3n) is 3.31. The van der Waals surface area contributed by atoms with Crippen LogP contribution in [0.4, 0.5) is 0 Å². The Morgan fingerprint density at radius 3 is 2.76 bits per heavy atom. The number of rotatable bonds is 4. The molecule has 1 aromatic carbocycles. The van der Waals surface area contributed by atoms with Crippen LogP contribution in [0.3, 0.4) is 0 Å². The van der Waals surface area contributed by atoms with E-state index < -0.39 is 5.97 Å². The molecule has 1 aliphatic rings. The van der Waals surface area contributed by atoms with Crippen LogP contribution < -0.4 is 0 Å². The third-order valence-corrected chi connectivity index (χ3v) is 3.81. The van der Waals surface area contributed by atoms with Gasteiger partial charge < -0.3 is 9.84 Å². The molecule has 1 aliphatic heterocycles. The largest absolute Gasteiger partial charge is 0.481 e. The van der Waals surface area contributed by atoms with Gasteiger partial charge in [-0.15, -0.1) is 0 Å². The summed E-state index contributed by atoms with van der Waals surface area (Å²) >= 11 is 3.45. The van der Waals surface area contributed by atoms with Crippen LogP contribution in [0.2, 0.25) is 0 Å². The monoisotopic (exact) mass is 298 g/mol. The number of carboxylic acids is 1. The summed E-state index contributed by atoms with van der Waals surface area (Å²) in [7, 11) is 0. The fraction of sp³-hybridized carbons (Fsp3) is 0.462. The van der Waals surface area contributed by atoms with Crippen molar-refractivity contribution in [3.05, 3.63) is 34.3 Å². The molecule has 0 saturated carbocycles. The maximum Gasteiger partial charge on any atom is 0.306 e. The lowest BCUT2D eigenvalue weighted by atomic mass is 9.72.